The van der Waals surface area contributed by atoms with Gasteiger partial charge in [-0.15, -0.1) is 0 Å². The first-order valence-electron chi connectivity index (χ1n) is 9.56. The van der Waals surface area contributed by atoms with Crippen molar-refractivity contribution in [2.75, 3.05) is 23.1 Å². The molecular weight excluding hydrogens is 426 g/mol. The lowest BCUT2D eigenvalue weighted by molar-refractivity contribution is -0.115. The first kappa shape index (κ1) is 22.3. The van der Waals surface area contributed by atoms with Gasteiger partial charge >= 0.3 is 0 Å². The summed E-state index contributed by atoms with van der Waals surface area (Å²) in [7, 11) is -7.73. The van der Waals surface area contributed by atoms with Crippen LogP contribution in [0.15, 0.2) is 40.1 Å². The summed E-state index contributed by atoms with van der Waals surface area (Å²) in [5.41, 5.74) is 2.70. The number of hydrogen-bond donors (Lipinski definition) is 2. The number of carbonyl (C=O) groups is 1. The van der Waals surface area contributed by atoms with Crippen LogP contribution in [0.2, 0.25) is 0 Å². The van der Waals surface area contributed by atoms with Crippen LogP contribution in [0.5, 0.6) is 0 Å². The van der Waals surface area contributed by atoms with E-state index in [0.717, 1.165) is 0 Å². The van der Waals surface area contributed by atoms with Crippen LogP contribution in [-0.2, 0) is 31.3 Å². The lowest BCUT2D eigenvalue weighted by Crippen LogP contribution is -2.30. The second kappa shape index (κ2) is 8.01. The maximum absolute atomic E-state index is 13.0. The Labute approximate surface area is 177 Å². The number of hydrogen-bond acceptors (Lipinski definition) is 5. The van der Waals surface area contributed by atoms with Crippen molar-refractivity contribution in [3.63, 3.8) is 0 Å². The smallest absolute Gasteiger partial charge is 0.261 e. The van der Waals surface area contributed by atoms with E-state index in [0.29, 0.717) is 35.5 Å². The normalized spacial score (nSPS) is 14.0. The fourth-order valence-corrected chi connectivity index (χ4v) is 6.10. The van der Waals surface area contributed by atoms with Crippen molar-refractivity contribution in [1.29, 1.82) is 0 Å². The molecule has 0 saturated heterocycles. The summed E-state index contributed by atoms with van der Waals surface area (Å²) in [4.78, 5) is 11.6. The minimum atomic E-state index is -3.98. The summed E-state index contributed by atoms with van der Waals surface area (Å²) < 4.78 is 55.6. The highest BCUT2D eigenvalue weighted by Gasteiger charge is 2.26. The molecule has 2 aromatic rings. The molecule has 2 N–H and O–H groups in total. The molecule has 2 aromatic carbocycles. The zero-order valence-electron chi connectivity index (χ0n) is 17.3. The number of benzene rings is 2. The fraction of sp³-hybridized carbons (Fsp3) is 0.350. The van der Waals surface area contributed by atoms with Gasteiger partial charge in [-0.05, 0) is 60.9 Å². The molecule has 30 heavy (non-hydrogen) atoms. The van der Waals surface area contributed by atoms with Crippen molar-refractivity contribution in [2.45, 2.75) is 43.9 Å². The van der Waals surface area contributed by atoms with Crippen LogP contribution in [0.25, 0.3) is 0 Å². The summed E-state index contributed by atoms with van der Waals surface area (Å²) in [5, 5.41) is 2.66. The van der Waals surface area contributed by atoms with Gasteiger partial charge in [-0.25, -0.2) is 16.8 Å². The zero-order valence-corrected chi connectivity index (χ0v) is 18.9. The van der Waals surface area contributed by atoms with Crippen molar-refractivity contribution < 1.29 is 21.6 Å². The molecule has 0 unspecified atom stereocenters. The van der Waals surface area contributed by atoms with E-state index in [1.807, 2.05) is 0 Å². The third-order valence-electron chi connectivity index (χ3n) is 5.24. The summed E-state index contributed by atoms with van der Waals surface area (Å²) in [6, 6.07) is 7.31. The number of nitrogens with zero attached hydrogens (tertiary/aromatic N) is 1. The Morgan fingerprint density at radius 3 is 2.30 bits per heavy atom. The minimum Gasteiger partial charge on any atom is -0.326 e. The van der Waals surface area contributed by atoms with E-state index in [1.54, 1.807) is 39.8 Å². The molecule has 0 atom stereocenters. The SMILES string of the molecule is CCN(CC)S(=O)(=O)c1cc(C)c(C)c(NS(=O)(=O)c2ccc3c(c2)CC(=O)N3)c1. The Kier molecular flexibility index (Phi) is 5.94. The third-order valence-corrected chi connectivity index (χ3v) is 8.63. The van der Waals surface area contributed by atoms with Crippen molar-refractivity contribution >= 4 is 37.3 Å². The Morgan fingerprint density at radius 1 is 1.00 bits per heavy atom. The number of nitrogens with one attached hydrogen (secondary N) is 2. The Bertz CT molecular complexity index is 1220. The van der Waals surface area contributed by atoms with Crippen molar-refractivity contribution in [2.24, 2.45) is 0 Å². The molecule has 0 aromatic heterocycles. The Balaban J connectivity index is 2.01. The molecule has 1 heterocycles. The lowest BCUT2D eigenvalue weighted by atomic mass is 10.1. The van der Waals surface area contributed by atoms with Crippen LogP contribution in [-0.4, -0.2) is 40.1 Å². The van der Waals surface area contributed by atoms with E-state index < -0.39 is 20.0 Å². The van der Waals surface area contributed by atoms with E-state index in [4.69, 9.17) is 0 Å². The van der Waals surface area contributed by atoms with Crippen molar-refractivity contribution in [3.8, 4) is 0 Å². The highest BCUT2D eigenvalue weighted by Crippen LogP contribution is 2.30. The lowest BCUT2D eigenvalue weighted by Gasteiger charge is -2.20. The first-order valence-corrected chi connectivity index (χ1v) is 12.5. The van der Waals surface area contributed by atoms with Gasteiger partial charge in [-0.3, -0.25) is 9.52 Å². The molecule has 162 valence electrons. The number of sulfonamides is 2. The van der Waals surface area contributed by atoms with Gasteiger partial charge < -0.3 is 5.32 Å². The van der Waals surface area contributed by atoms with Gasteiger partial charge in [0.15, 0.2) is 0 Å². The number of aryl methyl sites for hydroxylation is 1. The highest BCUT2D eigenvalue weighted by atomic mass is 32.2. The standard InChI is InChI=1S/C20H25N3O5S2/c1-5-23(6-2)30(27,28)17-9-13(3)14(4)19(12-17)22-29(25,26)16-7-8-18-15(10-16)11-20(24)21-18/h7-10,12,22H,5-6,11H2,1-4H3,(H,21,24). The molecule has 0 bridgehead atoms. The second-order valence-corrected chi connectivity index (χ2v) is 10.8. The molecule has 0 radical (unpaired) electrons. The highest BCUT2D eigenvalue weighted by molar-refractivity contribution is 7.92. The minimum absolute atomic E-state index is 0.00630. The fourth-order valence-electron chi connectivity index (χ4n) is 3.37. The van der Waals surface area contributed by atoms with E-state index in [1.165, 1.54) is 22.5 Å². The Hall–Kier alpha value is -2.43. The molecule has 1 amide bonds. The van der Waals surface area contributed by atoms with Gasteiger partial charge in [0.05, 0.1) is 21.9 Å². The predicted molar refractivity (Wildman–Crippen MR) is 116 cm³/mol. The van der Waals surface area contributed by atoms with Crippen molar-refractivity contribution in [1.82, 2.24) is 4.31 Å². The predicted octanol–water partition coefficient (Wildman–Crippen LogP) is 2.63. The molecule has 10 heteroatoms. The maximum Gasteiger partial charge on any atom is 0.261 e. The van der Waals surface area contributed by atoms with Crippen LogP contribution in [0.1, 0.15) is 30.5 Å². The van der Waals surface area contributed by atoms with Crippen LogP contribution in [0.4, 0.5) is 11.4 Å². The molecule has 0 aliphatic carbocycles. The molecule has 0 spiro atoms. The quantitative estimate of drug-likeness (QED) is 0.672. The summed E-state index contributed by atoms with van der Waals surface area (Å²) in [6.07, 6.45) is 0.119. The topological polar surface area (TPSA) is 113 Å². The molecule has 1 aliphatic rings. The van der Waals surface area contributed by atoms with Gasteiger partial charge in [0.2, 0.25) is 15.9 Å². The number of fused-ring (bicyclic) bond motifs is 1. The largest absolute Gasteiger partial charge is 0.326 e. The van der Waals surface area contributed by atoms with E-state index >= 15 is 0 Å². The van der Waals surface area contributed by atoms with Gasteiger partial charge in [-0.1, -0.05) is 13.8 Å². The monoisotopic (exact) mass is 451 g/mol. The molecule has 3 rings (SSSR count). The Morgan fingerprint density at radius 2 is 1.67 bits per heavy atom. The third kappa shape index (κ3) is 4.07. The summed E-state index contributed by atoms with van der Waals surface area (Å²) >= 11 is 0. The summed E-state index contributed by atoms with van der Waals surface area (Å²) in [5.74, 6) is -0.187. The van der Waals surface area contributed by atoms with Crippen molar-refractivity contribution in [3.05, 3.63) is 47.0 Å². The maximum atomic E-state index is 13.0. The van der Waals surface area contributed by atoms with Gasteiger partial charge in [-0.2, -0.15) is 4.31 Å². The average molecular weight is 452 g/mol. The van der Waals surface area contributed by atoms with Gasteiger partial charge in [0, 0.05) is 18.8 Å². The number of anilines is 2. The first-order chi connectivity index (χ1) is 14.0. The number of rotatable bonds is 7. The van der Waals surface area contributed by atoms with Gasteiger partial charge in [0.1, 0.15) is 0 Å². The second-order valence-electron chi connectivity index (χ2n) is 7.15. The zero-order chi connectivity index (χ0) is 22.3. The van der Waals surface area contributed by atoms with E-state index in [9.17, 15) is 21.6 Å². The molecule has 8 nitrogen and oxygen atoms in total. The van der Waals surface area contributed by atoms with E-state index in [-0.39, 0.29) is 27.8 Å². The molecule has 0 saturated carbocycles. The average Bonchev–Trinajstić information content (AvgIpc) is 3.05. The molecule has 1 aliphatic heterocycles. The van der Waals surface area contributed by atoms with E-state index in [2.05, 4.69) is 10.0 Å². The van der Waals surface area contributed by atoms with Crippen LogP contribution in [0, 0.1) is 13.8 Å². The van der Waals surface area contributed by atoms with Gasteiger partial charge in [0.25, 0.3) is 10.0 Å². The number of amides is 1. The summed E-state index contributed by atoms with van der Waals surface area (Å²) in [6.45, 7) is 7.59. The van der Waals surface area contributed by atoms with Crippen LogP contribution >= 0.6 is 0 Å². The number of carbonyl (C=O) groups excluding carboxylic acids is 1. The van der Waals surface area contributed by atoms with Crippen LogP contribution < -0.4 is 10.0 Å². The molecular formula is C20H25N3O5S2. The van der Waals surface area contributed by atoms with Crippen LogP contribution in [0.3, 0.4) is 0 Å². The molecule has 0 fully saturated rings.